The smallest absolute Gasteiger partial charge is 0.244 e. The molecule has 6 heteroatoms. The molecule has 1 aromatic carbocycles. The van der Waals surface area contributed by atoms with Gasteiger partial charge in [0.15, 0.2) is 0 Å². The molecule has 1 N–H and O–H groups in total. The van der Waals surface area contributed by atoms with Crippen molar-refractivity contribution in [2.45, 2.75) is 18.9 Å². The van der Waals surface area contributed by atoms with Crippen molar-refractivity contribution in [2.24, 2.45) is 0 Å². The Bertz CT molecular complexity index is 717. The Kier molecular flexibility index (Phi) is 5.61. The maximum absolute atomic E-state index is 12.2. The van der Waals surface area contributed by atoms with Crippen LogP contribution in [0.25, 0.3) is 6.08 Å². The van der Waals surface area contributed by atoms with Gasteiger partial charge < -0.3 is 14.8 Å². The predicted octanol–water partition coefficient (Wildman–Crippen LogP) is 1.88. The molecular weight excluding hydrogens is 316 g/mol. The van der Waals surface area contributed by atoms with E-state index in [-0.39, 0.29) is 18.4 Å². The summed E-state index contributed by atoms with van der Waals surface area (Å²) in [6, 6.07) is 9.98. The maximum atomic E-state index is 12.2. The van der Waals surface area contributed by atoms with Gasteiger partial charge in [-0.05, 0) is 24.5 Å². The van der Waals surface area contributed by atoms with Crippen LogP contribution in [0.1, 0.15) is 24.4 Å². The summed E-state index contributed by atoms with van der Waals surface area (Å²) >= 11 is 0. The summed E-state index contributed by atoms with van der Waals surface area (Å²) in [6.07, 6.45) is 10.6. The zero-order valence-electron chi connectivity index (χ0n) is 14.0. The third-order valence-electron chi connectivity index (χ3n) is 4.40. The monoisotopic (exact) mass is 338 g/mol. The largest absolute Gasteiger partial charge is 0.343 e. The minimum Gasteiger partial charge on any atom is -0.343 e. The summed E-state index contributed by atoms with van der Waals surface area (Å²) in [5.41, 5.74) is 0.950. The number of piperidine rings is 1. The van der Waals surface area contributed by atoms with Gasteiger partial charge in [-0.3, -0.25) is 9.59 Å². The second-order valence-electron chi connectivity index (χ2n) is 6.08. The van der Waals surface area contributed by atoms with Gasteiger partial charge in [0, 0.05) is 37.6 Å². The molecule has 0 spiro atoms. The van der Waals surface area contributed by atoms with Crippen LogP contribution < -0.4 is 5.32 Å². The van der Waals surface area contributed by atoms with E-state index in [9.17, 15) is 9.59 Å². The number of carbonyl (C=O) groups excluding carboxylic acids is 2. The van der Waals surface area contributed by atoms with Crippen LogP contribution in [-0.2, 0) is 9.59 Å². The molecule has 2 heterocycles. The van der Waals surface area contributed by atoms with Gasteiger partial charge in [0.2, 0.25) is 11.8 Å². The molecule has 0 unspecified atom stereocenters. The van der Waals surface area contributed by atoms with Crippen LogP contribution in [0.5, 0.6) is 0 Å². The molecule has 1 aliphatic heterocycles. The molecule has 2 aromatic rings. The lowest BCUT2D eigenvalue weighted by Crippen LogP contribution is -2.44. The second kappa shape index (κ2) is 8.28. The lowest BCUT2D eigenvalue weighted by Gasteiger charge is -2.32. The SMILES string of the molecule is O=C(/C=C/c1ccccc1)NCC(=O)N1CCC(n2ccnc2)CC1. The number of aromatic nitrogens is 2. The quantitative estimate of drug-likeness (QED) is 0.847. The number of likely N-dealkylation sites (tertiary alicyclic amines) is 1. The normalized spacial score (nSPS) is 15.4. The fourth-order valence-electron chi connectivity index (χ4n) is 2.97. The first kappa shape index (κ1) is 17.0. The first-order chi connectivity index (χ1) is 12.2. The molecule has 0 atom stereocenters. The lowest BCUT2D eigenvalue weighted by atomic mass is 10.0. The van der Waals surface area contributed by atoms with Gasteiger partial charge in [0.25, 0.3) is 0 Å². The summed E-state index contributed by atoms with van der Waals surface area (Å²) < 4.78 is 2.10. The van der Waals surface area contributed by atoms with Crippen molar-refractivity contribution in [1.29, 1.82) is 0 Å². The molecule has 130 valence electrons. The number of nitrogens with one attached hydrogen (secondary N) is 1. The van der Waals surface area contributed by atoms with Crippen molar-refractivity contribution >= 4 is 17.9 Å². The highest BCUT2D eigenvalue weighted by molar-refractivity contribution is 5.94. The maximum Gasteiger partial charge on any atom is 0.244 e. The Balaban J connectivity index is 1.41. The topological polar surface area (TPSA) is 67.2 Å². The third kappa shape index (κ3) is 4.79. The number of amides is 2. The van der Waals surface area contributed by atoms with Crippen molar-refractivity contribution in [1.82, 2.24) is 19.8 Å². The van der Waals surface area contributed by atoms with Gasteiger partial charge in [-0.1, -0.05) is 30.3 Å². The molecule has 6 nitrogen and oxygen atoms in total. The summed E-state index contributed by atoms with van der Waals surface area (Å²) in [5, 5.41) is 2.66. The van der Waals surface area contributed by atoms with Gasteiger partial charge in [-0.15, -0.1) is 0 Å². The minimum atomic E-state index is -0.259. The molecule has 1 aromatic heterocycles. The van der Waals surface area contributed by atoms with Crippen LogP contribution >= 0.6 is 0 Å². The van der Waals surface area contributed by atoms with Crippen molar-refractivity contribution in [3.05, 3.63) is 60.7 Å². The van der Waals surface area contributed by atoms with Gasteiger partial charge in [0.1, 0.15) is 0 Å². The van der Waals surface area contributed by atoms with E-state index in [1.54, 1.807) is 12.3 Å². The molecule has 25 heavy (non-hydrogen) atoms. The Labute approximate surface area is 147 Å². The van der Waals surface area contributed by atoms with Crippen LogP contribution in [0.15, 0.2) is 55.1 Å². The van der Waals surface area contributed by atoms with E-state index in [0.717, 1.165) is 18.4 Å². The molecule has 0 aliphatic carbocycles. The first-order valence-electron chi connectivity index (χ1n) is 8.48. The van der Waals surface area contributed by atoms with Crippen molar-refractivity contribution < 1.29 is 9.59 Å². The average Bonchev–Trinajstić information content (AvgIpc) is 3.20. The average molecular weight is 338 g/mol. The molecule has 1 fully saturated rings. The second-order valence-corrected chi connectivity index (χ2v) is 6.08. The molecule has 0 bridgehead atoms. The van der Waals surface area contributed by atoms with Gasteiger partial charge in [-0.2, -0.15) is 0 Å². The fourth-order valence-corrected chi connectivity index (χ4v) is 2.97. The zero-order chi connectivity index (χ0) is 17.5. The summed E-state index contributed by atoms with van der Waals surface area (Å²) in [7, 11) is 0. The van der Waals surface area contributed by atoms with Crippen LogP contribution in [-0.4, -0.2) is 45.9 Å². The van der Waals surface area contributed by atoms with Crippen molar-refractivity contribution in [3.63, 3.8) is 0 Å². The van der Waals surface area contributed by atoms with E-state index in [2.05, 4.69) is 14.9 Å². The van der Waals surface area contributed by atoms with E-state index in [1.807, 2.05) is 47.8 Å². The molecule has 0 saturated carbocycles. The Morgan fingerprint density at radius 1 is 1.20 bits per heavy atom. The van der Waals surface area contributed by atoms with Crippen LogP contribution in [0.2, 0.25) is 0 Å². The number of nitrogens with zero attached hydrogens (tertiary/aromatic N) is 3. The number of carbonyl (C=O) groups is 2. The summed E-state index contributed by atoms with van der Waals surface area (Å²) in [6.45, 7) is 1.45. The molecule has 3 rings (SSSR count). The number of hydrogen-bond donors (Lipinski definition) is 1. The highest BCUT2D eigenvalue weighted by atomic mass is 16.2. The molecule has 0 radical (unpaired) electrons. The molecule has 2 amide bonds. The van der Waals surface area contributed by atoms with E-state index >= 15 is 0 Å². The summed E-state index contributed by atoms with van der Waals surface area (Å²) in [4.78, 5) is 30.0. The van der Waals surface area contributed by atoms with E-state index < -0.39 is 0 Å². The standard InChI is InChI=1S/C19H22N4O2/c24-18(7-6-16-4-2-1-3-5-16)21-14-19(25)22-11-8-17(9-12-22)23-13-10-20-15-23/h1-7,10,13,15,17H,8-9,11-12,14H2,(H,21,24)/b7-6+. The van der Waals surface area contributed by atoms with Gasteiger partial charge >= 0.3 is 0 Å². The van der Waals surface area contributed by atoms with Crippen LogP contribution in [0.3, 0.4) is 0 Å². The lowest BCUT2D eigenvalue weighted by molar-refractivity contribution is -0.133. The van der Waals surface area contributed by atoms with Crippen LogP contribution in [0.4, 0.5) is 0 Å². The highest BCUT2D eigenvalue weighted by Crippen LogP contribution is 2.21. The number of imidazole rings is 1. The molecule has 1 saturated heterocycles. The third-order valence-corrected chi connectivity index (χ3v) is 4.40. The fraction of sp³-hybridized carbons (Fsp3) is 0.316. The minimum absolute atomic E-state index is 0.0354. The van der Waals surface area contributed by atoms with Gasteiger partial charge in [0.05, 0.1) is 12.9 Å². The first-order valence-corrected chi connectivity index (χ1v) is 8.48. The zero-order valence-corrected chi connectivity index (χ0v) is 14.0. The van der Waals surface area contributed by atoms with E-state index in [4.69, 9.17) is 0 Å². The Morgan fingerprint density at radius 3 is 2.64 bits per heavy atom. The van der Waals surface area contributed by atoms with E-state index in [0.29, 0.717) is 19.1 Å². The highest BCUT2D eigenvalue weighted by Gasteiger charge is 2.23. The molecule has 1 aliphatic rings. The number of hydrogen-bond acceptors (Lipinski definition) is 3. The Hall–Kier alpha value is -2.89. The summed E-state index contributed by atoms with van der Waals surface area (Å²) in [5.74, 6) is -0.295. The van der Waals surface area contributed by atoms with Crippen LogP contribution in [0, 0.1) is 0 Å². The van der Waals surface area contributed by atoms with E-state index in [1.165, 1.54) is 6.08 Å². The number of benzene rings is 1. The molecular formula is C19H22N4O2. The Morgan fingerprint density at radius 2 is 1.96 bits per heavy atom. The number of rotatable bonds is 5. The predicted molar refractivity (Wildman–Crippen MR) is 95.6 cm³/mol. The van der Waals surface area contributed by atoms with Crippen molar-refractivity contribution in [2.75, 3.05) is 19.6 Å². The van der Waals surface area contributed by atoms with Gasteiger partial charge in [-0.25, -0.2) is 4.98 Å². The van der Waals surface area contributed by atoms with Crippen molar-refractivity contribution in [3.8, 4) is 0 Å².